The van der Waals surface area contributed by atoms with Gasteiger partial charge in [0.1, 0.15) is 13.2 Å². The largest absolute Gasteiger partial charge is 0.462 e. The Labute approximate surface area is 374 Å². The van der Waals surface area contributed by atoms with Gasteiger partial charge in [0, 0.05) is 19.3 Å². The minimum absolute atomic E-state index is 0.0616. The number of unbranched alkanes of at least 4 members (excludes halogenated alkanes) is 39. The molecule has 0 saturated carbocycles. The lowest BCUT2D eigenvalue weighted by molar-refractivity contribution is -0.167. The van der Waals surface area contributed by atoms with Gasteiger partial charge in [-0.05, 0) is 19.3 Å². The molecule has 0 rings (SSSR count). The van der Waals surface area contributed by atoms with Gasteiger partial charge >= 0.3 is 17.9 Å². The zero-order valence-electron chi connectivity index (χ0n) is 40.8. The predicted octanol–water partition coefficient (Wildman–Crippen LogP) is 17.6. The van der Waals surface area contributed by atoms with E-state index < -0.39 is 6.10 Å². The van der Waals surface area contributed by atoms with Crippen LogP contribution in [0.1, 0.15) is 310 Å². The van der Waals surface area contributed by atoms with Gasteiger partial charge in [-0.1, -0.05) is 271 Å². The molecule has 60 heavy (non-hydrogen) atoms. The maximum atomic E-state index is 12.8. The smallest absolute Gasteiger partial charge is 0.306 e. The van der Waals surface area contributed by atoms with Crippen molar-refractivity contribution < 1.29 is 28.6 Å². The second-order valence-electron chi connectivity index (χ2n) is 18.5. The number of ether oxygens (including phenoxy) is 3. The zero-order chi connectivity index (χ0) is 43.7. The topological polar surface area (TPSA) is 78.9 Å². The number of rotatable bonds is 50. The Bertz CT molecular complexity index is 889. The van der Waals surface area contributed by atoms with Crippen LogP contribution in [0.15, 0.2) is 0 Å². The van der Waals surface area contributed by atoms with E-state index in [0.717, 1.165) is 57.8 Å². The van der Waals surface area contributed by atoms with Crippen molar-refractivity contribution in [3.05, 3.63) is 0 Å². The first-order chi connectivity index (χ1) is 29.5. The van der Waals surface area contributed by atoms with Crippen LogP contribution in [0.25, 0.3) is 0 Å². The normalized spacial score (nSPS) is 11.8. The molecule has 0 heterocycles. The zero-order valence-corrected chi connectivity index (χ0v) is 40.8. The monoisotopic (exact) mass is 849 g/mol. The van der Waals surface area contributed by atoms with E-state index in [2.05, 4.69) is 20.8 Å². The van der Waals surface area contributed by atoms with Crippen LogP contribution < -0.4 is 0 Å². The average molecular weight is 849 g/mol. The van der Waals surface area contributed by atoms with Crippen LogP contribution in [-0.2, 0) is 28.6 Å². The molecule has 1 atom stereocenters. The lowest BCUT2D eigenvalue weighted by atomic mass is 10.0. The standard InChI is InChI=1S/C54H104O6/c1-4-7-10-13-16-19-22-24-26-27-29-30-32-35-38-41-44-47-53(56)59-50-51(49-58-52(55)46-43-40-37-34-21-18-15-12-9-6-3)60-54(57)48-45-42-39-36-33-31-28-25-23-20-17-14-11-8-5-2/h51H,4-50H2,1-3H3/t51-/m0/s1. The van der Waals surface area contributed by atoms with Crippen LogP contribution in [0, 0.1) is 0 Å². The lowest BCUT2D eigenvalue weighted by Crippen LogP contribution is -2.30. The maximum absolute atomic E-state index is 12.8. The van der Waals surface area contributed by atoms with Gasteiger partial charge in [0.2, 0.25) is 0 Å². The molecule has 0 spiro atoms. The molecule has 0 fully saturated rings. The second-order valence-corrected chi connectivity index (χ2v) is 18.5. The van der Waals surface area contributed by atoms with E-state index in [-0.39, 0.29) is 31.1 Å². The highest BCUT2D eigenvalue weighted by Crippen LogP contribution is 2.17. The third kappa shape index (κ3) is 47.5. The minimum atomic E-state index is -0.759. The Morgan fingerprint density at radius 1 is 0.267 bits per heavy atom. The first-order valence-corrected chi connectivity index (χ1v) is 27.0. The number of hydrogen-bond donors (Lipinski definition) is 0. The van der Waals surface area contributed by atoms with Gasteiger partial charge in [-0.25, -0.2) is 0 Å². The van der Waals surface area contributed by atoms with Crippen LogP contribution in [-0.4, -0.2) is 37.2 Å². The number of hydrogen-bond acceptors (Lipinski definition) is 6. The van der Waals surface area contributed by atoms with E-state index in [1.54, 1.807) is 0 Å². The van der Waals surface area contributed by atoms with Crippen molar-refractivity contribution in [3.63, 3.8) is 0 Å². The molecule has 0 bridgehead atoms. The summed E-state index contributed by atoms with van der Waals surface area (Å²) in [5, 5.41) is 0. The molecule has 0 aromatic heterocycles. The van der Waals surface area contributed by atoms with Gasteiger partial charge in [-0.15, -0.1) is 0 Å². The molecule has 6 heteroatoms. The highest BCUT2D eigenvalue weighted by Gasteiger charge is 2.19. The number of carbonyl (C=O) groups excluding carboxylic acids is 3. The summed E-state index contributed by atoms with van der Waals surface area (Å²) < 4.78 is 16.8. The summed E-state index contributed by atoms with van der Waals surface area (Å²) >= 11 is 0. The van der Waals surface area contributed by atoms with Gasteiger partial charge in [0.25, 0.3) is 0 Å². The van der Waals surface area contributed by atoms with E-state index in [1.807, 2.05) is 0 Å². The SMILES string of the molecule is CCCCCCCCCCCCCCCCCCCC(=O)OC[C@H](COC(=O)CCCCCCCCCCCC)OC(=O)CCCCCCCCCCCCCCCCC. The van der Waals surface area contributed by atoms with Gasteiger partial charge < -0.3 is 14.2 Å². The molecule has 356 valence electrons. The summed E-state index contributed by atoms with van der Waals surface area (Å²) in [5.74, 6) is -0.839. The third-order valence-electron chi connectivity index (χ3n) is 12.4. The van der Waals surface area contributed by atoms with Crippen molar-refractivity contribution in [2.45, 2.75) is 316 Å². The van der Waals surface area contributed by atoms with Gasteiger partial charge in [0.05, 0.1) is 0 Å². The fraction of sp³-hybridized carbons (Fsp3) is 0.944. The Morgan fingerprint density at radius 3 is 0.667 bits per heavy atom. The molecule has 0 radical (unpaired) electrons. The fourth-order valence-corrected chi connectivity index (χ4v) is 8.27. The quantitative estimate of drug-likeness (QED) is 0.0345. The van der Waals surface area contributed by atoms with Crippen LogP contribution in [0.3, 0.4) is 0 Å². The summed E-state index contributed by atoms with van der Waals surface area (Å²) in [4.78, 5) is 37.9. The molecule has 0 aliphatic rings. The minimum Gasteiger partial charge on any atom is -0.462 e. The lowest BCUT2D eigenvalue weighted by Gasteiger charge is -2.18. The van der Waals surface area contributed by atoms with Crippen LogP contribution in [0.4, 0.5) is 0 Å². The molecule has 0 saturated heterocycles. The highest BCUT2D eigenvalue weighted by molar-refractivity contribution is 5.71. The summed E-state index contributed by atoms with van der Waals surface area (Å²) in [6.07, 6.45) is 53.7. The van der Waals surface area contributed by atoms with Gasteiger partial charge in [-0.3, -0.25) is 14.4 Å². The molecular weight excluding hydrogens is 745 g/mol. The predicted molar refractivity (Wildman–Crippen MR) is 257 cm³/mol. The van der Waals surface area contributed by atoms with E-state index in [9.17, 15) is 14.4 Å². The Balaban J connectivity index is 4.25. The molecule has 0 amide bonds. The Morgan fingerprint density at radius 2 is 0.450 bits per heavy atom. The molecule has 0 aromatic rings. The molecular formula is C54H104O6. The van der Waals surface area contributed by atoms with Crippen molar-refractivity contribution in [2.75, 3.05) is 13.2 Å². The molecule has 0 aliphatic heterocycles. The van der Waals surface area contributed by atoms with Crippen LogP contribution in [0.2, 0.25) is 0 Å². The van der Waals surface area contributed by atoms with Crippen LogP contribution >= 0.6 is 0 Å². The summed E-state index contributed by atoms with van der Waals surface area (Å²) in [7, 11) is 0. The van der Waals surface area contributed by atoms with Crippen molar-refractivity contribution in [2.24, 2.45) is 0 Å². The number of carbonyl (C=O) groups is 3. The van der Waals surface area contributed by atoms with E-state index >= 15 is 0 Å². The van der Waals surface area contributed by atoms with Crippen molar-refractivity contribution in [3.8, 4) is 0 Å². The second kappa shape index (κ2) is 50.1. The summed E-state index contributed by atoms with van der Waals surface area (Å²) in [5.41, 5.74) is 0. The molecule has 6 nitrogen and oxygen atoms in total. The maximum Gasteiger partial charge on any atom is 0.306 e. The third-order valence-corrected chi connectivity index (χ3v) is 12.4. The van der Waals surface area contributed by atoms with E-state index in [0.29, 0.717) is 19.3 Å². The van der Waals surface area contributed by atoms with Gasteiger partial charge in [-0.2, -0.15) is 0 Å². The molecule has 0 N–H and O–H groups in total. The summed E-state index contributed by atoms with van der Waals surface area (Å²) in [6, 6.07) is 0. The van der Waals surface area contributed by atoms with Gasteiger partial charge in [0.15, 0.2) is 6.10 Å². The van der Waals surface area contributed by atoms with E-state index in [4.69, 9.17) is 14.2 Å². The highest BCUT2D eigenvalue weighted by atomic mass is 16.6. The molecule has 0 unspecified atom stereocenters. The molecule has 0 aromatic carbocycles. The first kappa shape index (κ1) is 58.4. The average Bonchev–Trinajstić information content (AvgIpc) is 3.24. The number of esters is 3. The fourth-order valence-electron chi connectivity index (χ4n) is 8.27. The summed E-state index contributed by atoms with van der Waals surface area (Å²) in [6.45, 7) is 6.68. The van der Waals surface area contributed by atoms with Crippen molar-refractivity contribution >= 4 is 17.9 Å². The Hall–Kier alpha value is -1.59. The van der Waals surface area contributed by atoms with Crippen LogP contribution in [0.5, 0.6) is 0 Å². The molecule has 0 aliphatic carbocycles. The Kier molecular flexibility index (Phi) is 48.7. The van der Waals surface area contributed by atoms with Crippen molar-refractivity contribution in [1.82, 2.24) is 0 Å². The van der Waals surface area contributed by atoms with E-state index in [1.165, 1.54) is 212 Å². The first-order valence-electron chi connectivity index (χ1n) is 27.0. The van der Waals surface area contributed by atoms with Crippen molar-refractivity contribution in [1.29, 1.82) is 0 Å².